The number of hydrogen-bond donors (Lipinski definition) is 0. The molecule has 0 aliphatic heterocycles. The Balaban J connectivity index is 1.73. The molecule has 0 N–H and O–H groups in total. The minimum Gasteiger partial charge on any atom is -0.197 e. The normalized spacial score (nSPS) is 18.6. The minimum atomic E-state index is -0.586. The topological polar surface area (TPSA) is 47.6 Å². The van der Waals surface area contributed by atoms with Gasteiger partial charge in [-0.2, -0.15) is 10.5 Å². The van der Waals surface area contributed by atoms with Crippen molar-refractivity contribution < 1.29 is 0 Å². The molecule has 28 heavy (non-hydrogen) atoms. The fourth-order valence-electron chi connectivity index (χ4n) is 2.88. The minimum absolute atomic E-state index is 0.586. The molecule has 2 aromatic carbocycles. The van der Waals surface area contributed by atoms with Crippen molar-refractivity contribution in [1.29, 1.82) is 10.5 Å². The van der Waals surface area contributed by atoms with Crippen LogP contribution in [0.3, 0.4) is 0 Å². The van der Waals surface area contributed by atoms with E-state index < -0.39 is 5.41 Å². The monoisotopic (exact) mass is 360 g/mol. The SMILES string of the molecule is CC1(C#N)C=CC=CC(/C=C/c2ccc(/C=C/c3ccccc3C#N)cc2)=C1. The summed E-state index contributed by atoms with van der Waals surface area (Å²) in [4.78, 5) is 0. The summed E-state index contributed by atoms with van der Waals surface area (Å²) in [6.07, 6.45) is 17.7. The summed E-state index contributed by atoms with van der Waals surface area (Å²) in [6, 6.07) is 20.3. The van der Waals surface area contributed by atoms with Crippen LogP contribution in [0, 0.1) is 28.1 Å². The summed E-state index contributed by atoms with van der Waals surface area (Å²) >= 11 is 0. The Kier molecular flexibility index (Phi) is 5.85. The van der Waals surface area contributed by atoms with Crippen LogP contribution in [0.1, 0.15) is 29.2 Å². The van der Waals surface area contributed by atoms with E-state index in [-0.39, 0.29) is 0 Å². The zero-order chi connectivity index (χ0) is 19.8. The van der Waals surface area contributed by atoms with Gasteiger partial charge in [0, 0.05) is 0 Å². The Morgan fingerprint density at radius 3 is 2.18 bits per heavy atom. The smallest absolute Gasteiger partial charge is 0.0997 e. The third-order valence-corrected chi connectivity index (χ3v) is 4.49. The lowest BCUT2D eigenvalue weighted by Crippen LogP contribution is -2.05. The zero-order valence-corrected chi connectivity index (χ0v) is 15.7. The van der Waals surface area contributed by atoms with Gasteiger partial charge in [-0.15, -0.1) is 0 Å². The van der Waals surface area contributed by atoms with Gasteiger partial charge in [-0.3, -0.25) is 0 Å². The highest BCUT2D eigenvalue weighted by Gasteiger charge is 2.17. The Morgan fingerprint density at radius 1 is 0.821 bits per heavy atom. The van der Waals surface area contributed by atoms with Crippen LogP contribution in [0.5, 0.6) is 0 Å². The highest BCUT2D eigenvalue weighted by atomic mass is 14.3. The summed E-state index contributed by atoms with van der Waals surface area (Å²) in [7, 11) is 0. The van der Waals surface area contributed by atoms with Gasteiger partial charge in [-0.05, 0) is 35.3 Å². The Morgan fingerprint density at radius 2 is 1.50 bits per heavy atom. The summed E-state index contributed by atoms with van der Waals surface area (Å²) in [5, 5.41) is 18.5. The predicted molar refractivity (Wildman–Crippen MR) is 116 cm³/mol. The van der Waals surface area contributed by atoms with Crippen LogP contribution in [0.25, 0.3) is 18.2 Å². The fourth-order valence-corrected chi connectivity index (χ4v) is 2.88. The Hall–Kier alpha value is -3.88. The van der Waals surface area contributed by atoms with E-state index >= 15 is 0 Å². The number of hydrogen-bond acceptors (Lipinski definition) is 2. The molecule has 0 fully saturated rings. The molecule has 134 valence electrons. The molecule has 1 unspecified atom stereocenters. The highest BCUT2D eigenvalue weighted by molar-refractivity contribution is 5.73. The van der Waals surface area contributed by atoms with Crippen molar-refractivity contribution in [2.75, 3.05) is 0 Å². The van der Waals surface area contributed by atoms with Gasteiger partial charge >= 0.3 is 0 Å². The molecule has 1 aliphatic carbocycles. The zero-order valence-electron chi connectivity index (χ0n) is 15.7. The van der Waals surface area contributed by atoms with E-state index in [0.717, 1.165) is 22.3 Å². The van der Waals surface area contributed by atoms with Crippen molar-refractivity contribution in [3.05, 3.63) is 113 Å². The van der Waals surface area contributed by atoms with Gasteiger partial charge in [0.25, 0.3) is 0 Å². The molecule has 0 aromatic heterocycles. The van der Waals surface area contributed by atoms with E-state index in [9.17, 15) is 5.26 Å². The van der Waals surface area contributed by atoms with E-state index in [0.29, 0.717) is 5.56 Å². The fraction of sp³-hybridized carbons (Fsp3) is 0.0769. The van der Waals surface area contributed by atoms with Gasteiger partial charge in [0.2, 0.25) is 0 Å². The molecule has 2 aromatic rings. The van der Waals surface area contributed by atoms with Crippen LogP contribution in [-0.4, -0.2) is 0 Å². The molecule has 1 atom stereocenters. The van der Waals surface area contributed by atoms with Crippen LogP contribution >= 0.6 is 0 Å². The number of nitriles is 2. The third kappa shape index (κ3) is 4.85. The summed E-state index contributed by atoms with van der Waals surface area (Å²) in [5.74, 6) is 0. The van der Waals surface area contributed by atoms with Crippen LogP contribution in [0.4, 0.5) is 0 Å². The Bertz CT molecular complexity index is 1080. The second-order valence-electron chi connectivity index (χ2n) is 6.79. The van der Waals surface area contributed by atoms with Crippen LogP contribution in [0.15, 0.2) is 90.6 Å². The van der Waals surface area contributed by atoms with Crippen molar-refractivity contribution in [1.82, 2.24) is 0 Å². The molecule has 0 saturated carbocycles. The first-order chi connectivity index (χ1) is 13.6. The average molecular weight is 360 g/mol. The van der Waals surface area contributed by atoms with E-state index in [1.807, 2.05) is 98.0 Å². The third-order valence-electron chi connectivity index (χ3n) is 4.49. The molecule has 0 amide bonds. The molecule has 0 bridgehead atoms. The van der Waals surface area contributed by atoms with Crippen molar-refractivity contribution >= 4 is 18.2 Å². The summed E-state index contributed by atoms with van der Waals surface area (Å²) in [6.45, 7) is 1.90. The van der Waals surface area contributed by atoms with Gasteiger partial charge < -0.3 is 0 Å². The predicted octanol–water partition coefficient (Wildman–Crippen LogP) is 6.32. The molecular weight excluding hydrogens is 340 g/mol. The van der Waals surface area contributed by atoms with Crippen molar-refractivity contribution in [2.24, 2.45) is 5.41 Å². The van der Waals surface area contributed by atoms with E-state index in [1.165, 1.54) is 0 Å². The molecule has 1 aliphatic rings. The first-order valence-corrected chi connectivity index (χ1v) is 9.07. The van der Waals surface area contributed by atoms with Gasteiger partial charge in [0.1, 0.15) is 0 Å². The average Bonchev–Trinajstić information content (AvgIpc) is 2.93. The van der Waals surface area contributed by atoms with Crippen molar-refractivity contribution in [2.45, 2.75) is 6.92 Å². The number of allylic oxidation sites excluding steroid dienone is 7. The van der Waals surface area contributed by atoms with Crippen LogP contribution in [0.2, 0.25) is 0 Å². The lowest BCUT2D eigenvalue weighted by molar-refractivity contribution is 0.734. The standard InChI is InChI=1S/C26H20N2/c1-26(20-28)17-5-4-6-23(18-26)14-13-21-9-11-22(12-10-21)15-16-24-7-2-3-8-25(24)19-27/h2-18H,1H3/b14-13+,16-15+. The Labute approximate surface area is 166 Å². The van der Waals surface area contributed by atoms with E-state index in [4.69, 9.17) is 5.26 Å². The lowest BCUT2D eigenvalue weighted by atomic mass is 9.90. The van der Waals surface area contributed by atoms with Gasteiger partial charge in [0.15, 0.2) is 0 Å². The maximum atomic E-state index is 9.35. The number of nitrogens with zero attached hydrogens (tertiary/aromatic N) is 2. The largest absolute Gasteiger partial charge is 0.197 e. The summed E-state index contributed by atoms with van der Waals surface area (Å²) < 4.78 is 0. The van der Waals surface area contributed by atoms with Gasteiger partial charge in [0.05, 0.1) is 23.1 Å². The molecule has 2 heteroatoms. The van der Waals surface area contributed by atoms with Crippen molar-refractivity contribution in [3.63, 3.8) is 0 Å². The first-order valence-electron chi connectivity index (χ1n) is 9.07. The van der Waals surface area contributed by atoms with Crippen LogP contribution in [-0.2, 0) is 0 Å². The number of rotatable bonds is 4. The van der Waals surface area contributed by atoms with Crippen LogP contribution < -0.4 is 0 Å². The lowest BCUT2D eigenvalue weighted by Gasteiger charge is -2.10. The maximum absolute atomic E-state index is 9.35. The van der Waals surface area contributed by atoms with Crippen molar-refractivity contribution in [3.8, 4) is 12.1 Å². The second-order valence-corrected chi connectivity index (χ2v) is 6.79. The molecule has 0 heterocycles. The summed E-state index contributed by atoms with van der Waals surface area (Å²) in [5.41, 5.74) is 4.15. The molecule has 2 nitrogen and oxygen atoms in total. The molecule has 0 spiro atoms. The maximum Gasteiger partial charge on any atom is 0.0997 e. The molecule has 0 radical (unpaired) electrons. The van der Waals surface area contributed by atoms with E-state index in [1.54, 1.807) is 0 Å². The molecule has 0 saturated heterocycles. The molecule has 3 rings (SSSR count). The second kappa shape index (κ2) is 8.67. The highest BCUT2D eigenvalue weighted by Crippen LogP contribution is 2.25. The first kappa shape index (κ1) is 18.9. The quantitative estimate of drug-likeness (QED) is 0.599. The van der Waals surface area contributed by atoms with Gasteiger partial charge in [-0.25, -0.2) is 0 Å². The molecular formula is C26H20N2. The van der Waals surface area contributed by atoms with E-state index in [2.05, 4.69) is 24.3 Å². The van der Waals surface area contributed by atoms with Gasteiger partial charge in [-0.1, -0.05) is 97.1 Å². The number of benzene rings is 2.